The molecule has 12 heteroatoms. The second-order valence-corrected chi connectivity index (χ2v) is 6.81. The maximum absolute atomic E-state index is 12.1. The van der Waals surface area contributed by atoms with Crippen LogP contribution in [0.1, 0.15) is 0 Å². The van der Waals surface area contributed by atoms with Crippen LogP contribution in [0.5, 0.6) is 5.75 Å². The monoisotopic (exact) mass is 405 g/mol. The zero-order chi connectivity index (χ0) is 20.3. The summed E-state index contributed by atoms with van der Waals surface area (Å²) in [6.07, 6.45) is -0.541. The van der Waals surface area contributed by atoms with Gasteiger partial charge in [0.1, 0.15) is 18.4 Å². The summed E-state index contributed by atoms with van der Waals surface area (Å²) < 4.78 is 41.3. The molecular formula is C15H23N3O8S. The Labute approximate surface area is 156 Å². The number of carboxylic acid groups (broad SMARTS) is 1. The molecule has 152 valence electrons. The molecule has 0 spiro atoms. The van der Waals surface area contributed by atoms with Crippen molar-refractivity contribution in [2.45, 2.75) is 10.9 Å². The second-order valence-electron chi connectivity index (χ2n) is 5.10. The number of methoxy groups -OCH3 is 1. The quantitative estimate of drug-likeness (QED) is 0.323. The maximum atomic E-state index is 12.1. The van der Waals surface area contributed by atoms with Crippen molar-refractivity contribution in [1.29, 1.82) is 0 Å². The fourth-order valence-corrected chi connectivity index (χ4v) is 2.99. The van der Waals surface area contributed by atoms with Crippen molar-refractivity contribution in [3.05, 3.63) is 24.3 Å². The summed E-state index contributed by atoms with van der Waals surface area (Å²) in [5, 5.41) is 11.3. The third-order valence-electron chi connectivity index (χ3n) is 3.16. The highest BCUT2D eigenvalue weighted by Crippen LogP contribution is 2.16. The zero-order valence-electron chi connectivity index (χ0n) is 14.7. The van der Waals surface area contributed by atoms with E-state index in [1.165, 1.54) is 31.4 Å². The van der Waals surface area contributed by atoms with E-state index in [0.717, 1.165) is 0 Å². The Morgan fingerprint density at radius 1 is 1.19 bits per heavy atom. The van der Waals surface area contributed by atoms with E-state index in [2.05, 4.69) is 10.1 Å². The summed E-state index contributed by atoms with van der Waals surface area (Å²) in [6, 6.07) is 4.04. The van der Waals surface area contributed by atoms with Gasteiger partial charge in [0.15, 0.2) is 0 Å². The van der Waals surface area contributed by atoms with Crippen molar-refractivity contribution in [3.8, 4) is 5.75 Å². The molecule has 1 unspecified atom stereocenters. The zero-order valence-corrected chi connectivity index (χ0v) is 15.5. The minimum Gasteiger partial charge on any atom is -0.491 e. The molecule has 0 aliphatic carbocycles. The summed E-state index contributed by atoms with van der Waals surface area (Å²) in [4.78, 5) is 21.6. The van der Waals surface area contributed by atoms with E-state index in [9.17, 15) is 18.0 Å². The lowest BCUT2D eigenvalue weighted by Gasteiger charge is -2.13. The Bertz CT molecular complexity index is 708. The maximum Gasteiger partial charge on any atom is 0.406 e. The predicted molar refractivity (Wildman–Crippen MR) is 94.0 cm³/mol. The molecule has 0 heterocycles. The highest BCUT2D eigenvalue weighted by atomic mass is 32.2. The van der Waals surface area contributed by atoms with E-state index in [1.807, 2.05) is 4.72 Å². The van der Waals surface area contributed by atoms with Crippen LogP contribution >= 0.6 is 0 Å². The van der Waals surface area contributed by atoms with E-state index in [0.29, 0.717) is 12.3 Å². The van der Waals surface area contributed by atoms with Crippen LogP contribution in [0.4, 0.5) is 4.79 Å². The first-order valence-electron chi connectivity index (χ1n) is 7.87. The lowest BCUT2D eigenvalue weighted by molar-refractivity contribution is -0.138. The lowest BCUT2D eigenvalue weighted by Crippen LogP contribution is -2.45. The summed E-state index contributed by atoms with van der Waals surface area (Å²) in [5.74, 6) is -0.943. The summed E-state index contributed by atoms with van der Waals surface area (Å²) in [5.41, 5.74) is 5.24. The van der Waals surface area contributed by atoms with Gasteiger partial charge in [-0.2, -0.15) is 4.72 Å². The number of hydrogen-bond acceptors (Lipinski definition) is 8. The molecule has 1 amide bonds. The topological polar surface area (TPSA) is 166 Å². The molecule has 0 radical (unpaired) electrons. The van der Waals surface area contributed by atoms with Crippen LogP contribution in [0.3, 0.4) is 0 Å². The largest absolute Gasteiger partial charge is 0.491 e. The van der Waals surface area contributed by atoms with Crippen molar-refractivity contribution >= 4 is 22.1 Å². The van der Waals surface area contributed by atoms with Gasteiger partial charge in [-0.3, -0.25) is 4.79 Å². The number of carbonyl (C=O) groups is 2. The average Bonchev–Trinajstić information content (AvgIpc) is 2.65. The minimum atomic E-state index is -4.01. The molecule has 1 atom stereocenters. The van der Waals surface area contributed by atoms with Crippen LogP contribution in [0.2, 0.25) is 0 Å². The first-order valence-corrected chi connectivity index (χ1v) is 9.36. The Hall–Kier alpha value is -2.41. The first-order chi connectivity index (χ1) is 12.8. The van der Waals surface area contributed by atoms with Crippen molar-refractivity contribution in [2.24, 2.45) is 5.73 Å². The molecule has 1 aromatic carbocycles. The number of hydrogen-bond donors (Lipinski definition) is 4. The lowest BCUT2D eigenvalue weighted by atomic mass is 10.3. The van der Waals surface area contributed by atoms with Gasteiger partial charge in [-0.1, -0.05) is 0 Å². The van der Waals surface area contributed by atoms with Crippen LogP contribution in [-0.2, 0) is 24.3 Å². The molecule has 0 aromatic heterocycles. The van der Waals surface area contributed by atoms with E-state index in [4.69, 9.17) is 20.3 Å². The summed E-state index contributed by atoms with van der Waals surface area (Å²) in [6.45, 7) is 0.697. The number of benzene rings is 1. The van der Waals surface area contributed by atoms with Crippen LogP contribution in [0.25, 0.3) is 0 Å². The third-order valence-corrected chi connectivity index (χ3v) is 4.65. The molecule has 0 fully saturated rings. The molecule has 1 rings (SSSR count). The van der Waals surface area contributed by atoms with Crippen molar-refractivity contribution in [3.63, 3.8) is 0 Å². The number of ether oxygens (including phenoxy) is 3. The molecule has 5 N–H and O–H groups in total. The molecule has 1 aromatic rings. The van der Waals surface area contributed by atoms with E-state index >= 15 is 0 Å². The Morgan fingerprint density at radius 2 is 1.85 bits per heavy atom. The third kappa shape index (κ3) is 8.21. The van der Waals surface area contributed by atoms with Gasteiger partial charge in [-0.15, -0.1) is 0 Å². The fraction of sp³-hybridized carbons (Fsp3) is 0.467. The molecule has 11 nitrogen and oxygen atoms in total. The number of carbonyl (C=O) groups excluding carboxylic acids is 1. The Morgan fingerprint density at radius 3 is 2.41 bits per heavy atom. The molecule has 0 bridgehead atoms. The van der Waals surface area contributed by atoms with Gasteiger partial charge in [0.25, 0.3) is 0 Å². The predicted octanol–water partition coefficient (Wildman–Crippen LogP) is -0.872. The standard InChI is InChI=1S/C15H23N3O8S/c1-24-15(21)17-6-7-25-8-9-26-11-2-4-12(5-3-11)27(22,23)18-13(10-16)14(19)20/h2-5,13,18H,6-10,16H2,1H3,(H,17,21)(H,19,20). The molecule has 0 saturated carbocycles. The van der Waals surface area contributed by atoms with E-state index in [1.54, 1.807) is 0 Å². The van der Waals surface area contributed by atoms with Gasteiger partial charge in [0.2, 0.25) is 10.0 Å². The molecule has 0 saturated heterocycles. The van der Waals surface area contributed by atoms with Crippen LogP contribution in [-0.4, -0.2) is 71.6 Å². The summed E-state index contributed by atoms with van der Waals surface area (Å²) >= 11 is 0. The Kier molecular flexibility index (Phi) is 9.50. The van der Waals surface area contributed by atoms with E-state index < -0.39 is 28.1 Å². The SMILES string of the molecule is COC(=O)NCCOCCOc1ccc(S(=O)(=O)NC(CN)C(=O)O)cc1. The molecular weight excluding hydrogens is 382 g/mol. The number of nitrogens with one attached hydrogen (secondary N) is 2. The molecule has 0 aliphatic rings. The minimum absolute atomic E-state index is 0.111. The number of alkyl carbamates (subject to hydrolysis) is 1. The van der Waals surface area contributed by atoms with Crippen LogP contribution < -0.4 is 20.5 Å². The van der Waals surface area contributed by atoms with Gasteiger partial charge in [0.05, 0.1) is 25.2 Å². The summed E-state index contributed by atoms with van der Waals surface area (Å²) in [7, 11) is -2.75. The van der Waals surface area contributed by atoms with Gasteiger partial charge in [-0.25, -0.2) is 13.2 Å². The highest BCUT2D eigenvalue weighted by Gasteiger charge is 2.24. The number of rotatable bonds is 12. The smallest absolute Gasteiger partial charge is 0.406 e. The van der Waals surface area contributed by atoms with Crippen molar-refractivity contribution in [2.75, 3.05) is 40.0 Å². The van der Waals surface area contributed by atoms with Gasteiger partial charge >= 0.3 is 12.1 Å². The van der Waals surface area contributed by atoms with Gasteiger partial charge in [0, 0.05) is 13.1 Å². The van der Waals surface area contributed by atoms with Crippen molar-refractivity contribution in [1.82, 2.24) is 10.0 Å². The normalized spacial score (nSPS) is 12.2. The molecule has 0 aliphatic heterocycles. The molecule has 27 heavy (non-hydrogen) atoms. The van der Waals surface area contributed by atoms with Crippen LogP contribution in [0, 0.1) is 0 Å². The van der Waals surface area contributed by atoms with Gasteiger partial charge < -0.3 is 30.4 Å². The Balaban J connectivity index is 2.41. The fourth-order valence-electron chi connectivity index (χ4n) is 1.79. The highest BCUT2D eigenvalue weighted by molar-refractivity contribution is 7.89. The van der Waals surface area contributed by atoms with Crippen molar-refractivity contribution < 1.29 is 37.3 Å². The number of amides is 1. The number of aliphatic carboxylic acids is 1. The average molecular weight is 405 g/mol. The van der Waals surface area contributed by atoms with Crippen LogP contribution in [0.15, 0.2) is 29.2 Å². The van der Waals surface area contributed by atoms with E-state index in [-0.39, 0.29) is 31.3 Å². The number of nitrogens with two attached hydrogens (primary N) is 1. The second kappa shape index (κ2) is 11.3. The first kappa shape index (κ1) is 22.6. The number of carboxylic acids is 1. The van der Waals surface area contributed by atoms with Gasteiger partial charge in [-0.05, 0) is 24.3 Å². The number of sulfonamides is 1.